The molecular weight excluding hydrogens is 461 g/mol. The Balaban J connectivity index is 1.34. The van der Waals surface area contributed by atoms with Gasteiger partial charge in [-0.25, -0.2) is 0 Å². The van der Waals surface area contributed by atoms with Crippen molar-refractivity contribution in [1.82, 2.24) is 9.80 Å². The van der Waals surface area contributed by atoms with Gasteiger partial charge in [-0.05, 0) is 49.3 Å². The van der Waals surface area contributed by atoms with Crippen molar-refractivity contribution >= 4 is 34.4 Å². The molecule has 1 N–H and O–H groups in total. The molecule has 3 aliphatic rings. The van der Waals surface area contributed by atoms with E-state index >= 15 is 0 Å². The summed E-state index contributed by atoms with van der Waals surface area (Å²) in [7, 11) is 0. The lowest BCUT2D eigenvalue weighted by molar-refractivity contribution is -0.144. The lowest BCUT2D eigenvalue weighted by atomic mass is 9.91. The molecule has 0 unspecified atom stereocenters. The third-order valence-electron chi connectivity index (χ3n) is 6.96. The summed E-state index contributed by atoms with van der Waals surface area (Å²) in [5, 5.41) is 9.13. The number of alkyl halides is 3. The van der Waals surface area contributed by atoms with Crippen molar-refractivity contribution in [2.45, 2.75) is 37.8 Å². The zero-order valence-electron chi connectivity index (χ0n) is 17.8. The van der Waals surface area contributed by atoms with Crippen molar-refractivity contribution in [1.29, 1.82) is 0 Å². The molecule has 3 fully saturated rings. The number of fused-ring (bicyclic) bond motifs is 1. The fraction of sp³-hybridized carbons (Fsp3) is 0.565. The largest absolute Gasteiger partial charge is 0.449 e. The number of amides is 2. The van der Waals surface area contributed by atoms with Crippen molar-refractivity contribution in [3.63, 3.8) is 0 Å². The number of furan rings is 1. The van der Waals surface area contributed by atoms with Gasteiger partial charge in [0.25, 0.3) is 5.91 Å². The molecule has 0 spiro atoms. The fourth-order valence-corrected chi connectivity index (χ4v) is 5.05. The highest BCUT2D eigenvalue weighted by atomic mass is 35.5. The number of hydrogen-bond donors (Lipinski definition) is 1. The monoisotopic (exact) mass is 484 g/mol. The van der Waals surface area contributed by atoms with Crippen molar-refractivity contribution < 1.29 is 32.3 Å². The second-order valence-corrected chi connectivity index (χ2v) is 9.70. The first-order valence-electron chi connectivity index (χ1n) is 11.2. The number of aliphatic hydroxyl groups is 1. The predicted octanol–water partition coefficient (Wildman–Crippen LogP) is 4.29. The molecule has 33 heavy (non-hydrogen) atoms. The third kappa shape index (κ3) is 4.10. The van der Waals surface area contributed by atoms with Crippen molar-refractivity contribution in [2.75, 3.05) is 32.8 Å². The van der Waals surface area contributed by atoms with Gasteiger partial charge in [-0.3, -0.25) is 9.59 Å². The Morgan fingerprint density at radius 2 is 1.76 bits per heavy atom. The summed E-state index contributed by atoms with van der Waals surface area (Å²) in [6.45, 7) is 1.74. The first-order chi connectivity index (χ1) is 15.7. The van der Waals surface area contributed by atoms with Crippen LogP contribution in [-0.4, -0.2) is 59.5 Å². The van der Waals surface area contributed by atoms with E-state index < -0.39 is 23.2 Å². The molecule has 2 aliphatic heterocycles. The molecule has 10 heteroatoms. The molecule has 1 aliphatic carbocycles. The smallest absolute Gasteiger partial charge is 0.420 e. The van der Waals surface area contributed by atoms with Gasteiger partial charge in [-0.2, -0.15) is 13.2 Å². The van der Waals surface area contributed by atoms with E-state index in [2.05, 4.69) is 0 Å². The molecule has 6 nitrogen and oxygen atoms in total. The molecule has 1 saturated carbocycles. The molecule has 0 bridgehead atoms. The maximum atomic E-state index is 13.7. The molecular formula is C23H24ClF3N2O4. The van der Waals surface area contributed by atoms with E-state index in [1.807, 2.05) is 0 Å². The molecule has 5 rings (SSSR count). The second-order valence-electron chi connectivity index (χ2n) is 9.32. The van der Waals surface area contributed by atoms with Crippen LogP contribution >= 0.6 is 11.6 Å². The normalized spacial score (nSPS) is 20.4. The van der Waals surface area contributed by atoms with Gasteiger partial charge in [-0.15, -0.1) is 0 Å². The summed E-state index contributed by atoms with van der Waals surface area (Å²) in [6.07, 6.45) is -2.05. The zero-order valence-corrected chi connectivity index (χ0v) is 18.6. The minimum atomic E-state index is -4.63. The highest BCUT2D eigenvalue weighted by Crippen LogP contribution is 2.47. The average Bonchev–Trinajstić information content (AvgIpc) is 3.55. The van der Waals surface area contributed by atoms with Gasteiger partial charge in [0, 0.05) is 50.0 Å². The molecule has 0 atom stereocenters. The van der Waals surface area contributed by atoms with Crippen molar-refractivity contribution in [2.24, 2.45) is 11.8 Å². The molecule has 3 heterocycles. The quantitative estimate of drug-likeness (QED) is 0.702. The predicted molar refractivity (Wildman–Crippen MR) is 114 cm³/mol. The van der Waals surface area contributed by atoms with Gasteiger partial charge in [0.1, 0.15) is 5.58 Å². The number of likely N-dealkylation sites (tertiary alicyclic amines) is 2. The Kier molecular flexibility index (Phi) is 5.60. The summed E-state index contributed by atoms with van der Waals surface area (Å²) in [6, 6.07) is 2.70. The number of nitrogens with zero attached hydrogens (tertiary/aromatic N) is 2. The van der Waals surface area contributed by atoms with Crippen LogP contribution in [0.4, 0.5) is 13.2 Å². The maximum absolute atomic E-state index is 13.7. The van der Waals surface area contributed by atoms with E-state index in [0.717, 1.165) is 18.9 Å². The lowest BCUT2D eigenvalue weighted by Gasteiger charge is -2.41. The van der Waals surface area contributed by atoms with Crippen molar-refractivity contribution in [3.05, 3.63) is 34.0 Å². The maximum Gasteiger partial charge on any atom is 0.420 e. The van der Waals surface area contributed by atoms with E-state index in [4.69, 9.17) is 21.1 Å². The van der Waals surface area contributed by atoms with Crippen LogP contribution in [0.3, 0.4) is 0 Å². The summed E-state index contributed by atoms with van der Waals surface area (Å²) in [4.78, 5) is 28.9. The first-order valence-corrected chi connectivity index (χ1v) is 11.6. The van der Waals surface area contributed by atoms with E-state index in [1.165, 1.54) is 4.90 Å². The van der Waals surface area contributed by atoms with Gasteiger partial charge in [0.2, 0.25) is 11.7 Å². The van der Waals surface area contributed by atoms with Crippen LogP contribution in [0.1, 0.15) is 53.3 Å². The van der Waals surface area contributed by atoms with Gasteiger partial charge < -0.3 is 19.3 Å². The molecule has 178 valence electrons. The van der Waals surface area contributed by atoms with Crippen LogP contribution < -0.4 is 0 Å². The Labute approximate surface area is 193 Å². The van der Waals surface area contributed by atoms with Gasteiger partial charge in [0.05, 0.1) is 10.6 Å². The Morgan fingerprint density at radius 1 is 1.09 bits per heavy atom. The molecule has 2 aromatic rings. The van der Waals surface area contributed by atoms with Crippen molar-refractivity contribution in [3.8, 4) is 0 Å². The average molecular weight is 485 g/mol. The zero-order chi connectivity index (χ0) is 23.5. The number of aliphatic hydroxyl groups excluding tert-OH is 1. The topological polar surface area (TPSA) is 74.0 Å². The third-order valence-corrected chi connectivity index (χ3v) is 7.33. The fourth-order valence-electron chi connectivity index (χ4n) is 4.79. The van der Waals surface area contributed by atoms with Gasteiger partial charge in [0.15, 0.2) is 0 Å². The van der Waals surface area contributed by atoms with E-state index in [-0.39, 0.29) is 46.4 Å². The second kappa shape index (κ2) is 8.20. The van der Waals surface area contributed by atoms with Crippen LogP contribution in [0.25, 0.3) is 11.0 Å². The SMILES string of the molecule is O=C(c1oc2c(C(F)(F)F)cc(C3CC3)cc2c1Cl)N1CCC(C(=O)N2CC(CO)C2)CC1. The summed E-state index contributed by atoms with van der Waals surface area (Å²) in [5.41, 5.74) is -0.769. The number of benzene rings is 1. The lowest BCUT2D eigenvalue weighted by Crippen LogP contribution is -2.54. The Morgan fingerprint density at radius 3 is 2.33 bits per heavy atom. The molecule has 2 saturated heterocycles. The van der Waals surface area contributed by atoms with Crippen LogP contribution in [0.5, 0.6) is 0 Å². The van der Waals surface area contributed by atoms with Crippen LogP contribution in [-0.2, 0) is 11.0 Å². The number of rotatable bonds is 4. The molecule has 1 aromatic heterocycles. The number of carbonyl (C=O) groups is 2. The number of carbonyl (C=O) groups excluding carboxylic acids is 2. The van der Waals surface area contributed by atoms with Crippen LogP contribution in [0, 0.1) is 11.8 Å². The first kappa shape index (κ1) is 22.5. The molecule has 0 radical (unpaired) electrons. The number of halogens is 4. The number of piperidine rings is 1. The summed E-state index contributed by atoms with van der Waals surface area (Å²) >= 11 is 6.38. The standard InChI is InChI=1S/C23H24ClF3N2O4/c24-18-16-7-15(13-1-2-13)8-17(23(25,26)27)19(16)33-20(18)22(32)28-5-3-14(4-6-28)21(31)29-9-12(10-29)11-30/h7-8,12-14,30H,1-6,9-11H2. The highest BCUT2D eigenvalue weighted by Gasteiger charge is 2.40. The minimum Gasteiger partial charge on any atom is -0.449 e. The van der Waals surface area contributed by atoms with Crippen LogP contribution in [0.15, 0.2) is 16.5 Å². The van der Waals surface area contributed by atoms with E-state index in [0.29, 0.717) is 44.6 Å². The van der Waals surface area contributed by atoms with E-state index in [1.54, 1.807) is 11.0 Å². The Hall–Kier alpha value is -2.26. The van der Waals surface area contributed by atoms with Gasteiger partial charge in [-0.1, -0.05) is 11.6 Å². The molecule has 1 aromatic carbocycles. The Bertz CT molecular complexity index is 1100. The number of hydrogen-bond acceptors (Lipinski definition) is 4. The van der Waals surface area contributed by atoms with E-state index in [9.17, 15) is 22.8 Å². The summed E-state index contributed by atoms with van der Waals surface area (Å²) in [5.74, 6) is -0.825. The van der Waals surface area contributed by atoms with Crippen LogP contribution in [0.2, 0.25) is 5.02 Å². The molecule has 2 amide bonds. The highest BCUT2D eigenvalue weighted by molar-refractivity contribution is 6.38. The van der Waals surface area contributed by atoms with Gasteiger partial charge >= 0.3 is 6.18 Å². The minimum absolute atomic E-state index is 0.0241. The summed E-state index contributed by atoms with van der Waals surface area (Å²) < 4.78 is 46.5.